The molecule has 122 valence electrons. The zero-order valence-corrected chi connectivity index (χ0v) is 14.4. The van der Waals surface area contributed by atoms with E-state index in [1.165, 1.54) is 22.6 Å². The summed E-state index contributed by atoms with van der Waals surface area (Å²) in [6.45, 7) is 1.11. The molecule has 0 unspecified atom stereocenters. The van der Waals surface area contributed by atoms with E-state index in [9.17, 15) is 8.42 Å². The third-order valence-corrected chi connectivity index (χ3v) is 5.79. The summed E-state index contributed by atoms with van der Waals surface area (Å²) in [7, 11) is -3.47. The molecule has 0 aliphatic carbocycles. The van der Waals surface area contributed by atoms with Crippen LogP contribution in [0.2, 0.25) is 10.0 Å². The molecule has 1 aliphatic rings. The monoisotopic (exact) mass is 372 g/mol. The van der Waals surface area contributed by atoms with E-state index in [2.05, 4.69) is 4.98 Å². The average molecular weight is 373 g/mol. The summed E-state index contributed by atoms with van der Waals surface area (Å²) < 4.78 is 31.8. The fourth-order valence-electron chi connectivity index (χ4n) is 2.37. The third-order valence-electron chi connectivity index (χ3n) is 3.47. The second-order valence-electron chi connectivity index (χ2n) is 5.15. The van der Waals surface area contributed by atoms with Gasteiger partial charge in [0.25, 0.3) is 0 Å². The van der Waals surface area contributed by atoms with Crippen molar-refractivity contribution in [2.75, 3.05) is 13.1 Å². The number of pyridine rings is 1. The highest BCUT2D eigenvalue weighted by Crippen LogP contribution is 2.28. The van der Waals surface area contributed by atoms with Crippen molar-refractivity contribution in [1.29, 1.82) is 0 Å². The molecule has 23 heavy (non-hydrogen) atoms. The number of rotatable bonds is 4. The number of benzene rings is 1. The van der Waals surface area contributed by atoms with Crippen LogP contribution in [0.25, 0.3) is 0 Å². The van der Waals surface area contributed by atoms with E-state index >= 15 is 0 Å². The van der Waals surface area contributed by atoms with E-state index in [0.717, 1.165) is 12.8 Å². The predicted octanol–water partition coefficient (Wildman–Crippen LogP) is 3.97. The van der Waals surface area contributed by atoms with Crippen LogP contribution in [-0.4, -0.2) is 30.8 Å². The summed E-state index contributed by atoms with van der Waals surface area (Å²) in [5, 5.41) is 0.890. The van der Waals surface area contributed by atoms with Crippen molar-refractivity contribution >= 4 is 33.2 Å². The van der Waals surface area contributed by atoms with Gasteiger partial charge in [-0.3, -0.25) is 0 Å². The van der Waals surface area contributed by atoms with Crippen molar-refractivity contribution in [3.05, 3.63) is 46.6 Å². The Morgan fingerprint density at radius 3 is 2.26 bits per heavy atom. The zero-order valence-electron chi connectivity index (χ0n) is 12.1. The van der Waals surface area contributed by atoms with E-state index in [1.54, 1.807) is 18.2 Å². The lowest BCUT2D eigenvalue weighted by molar-refractivity contribution is 0.460. The molecular weight excluding hydrogens is 359 g/mol. The van der Waals surface area contributed by atoms with Crippen molar-refractivity contribution in [1.82, 2.24) is 9.29 Å². The lowest BCUT2D eigenvalue weighted by atomic mass is 10.3. The first-order valence-corrected chi connectivity index (χ1v) is 9.25. The molecule has 0 N–H and O–H groups in total. The molecule has 3 rings (SSSR count). The highest BCUT2D eigenvalue weighted by molar-refractivity contribution is 7.89. The summed E-state index contributed by atoms with van der Waals surface area (Å²) >= 11 is 11.8. The van der Waals surface area contributed by atoms with E-state index in [4.69, 9.17) is 27.9 Å². The molecule has 0 spiro atoms. The van der Waals surface area contributed by atoms with Crippen LogP contribution in [0, 0.1) is 0 Å². The molecular formula is C15H14Cl2N2O3S. The molecule has 0 atom stereocenters. The topological polar surface area (TPSA) is 59.5 Å². The van der Waals surface area contributed by atoms with Gasteiger partial charge in [0.2, 0.25) is 15.9 Å². The summed E-state index contributed by atoms with van der Waals surface area (Å²) in [6, 6.07) is 7.79. The van der Waals surface area contributed by atoms with Crippen molar-refractivity contribution in [3.8, 4) is 11.6 Å². The number of ether oxygens (including phenoxy) is 1. The summed E-state index contributed by atoms with van der Waals surface area (Å²) in [5.74, 6) is 0.703. The lowest BCUT2D eigenvalue weighted by Crippen LogP contribution is -2.27. The summed E-state index contributed by atoms with van der Waals surface area (Å²) in [4.78, 5) is 4.22. The molecule has 0 amide bonds. The van der Waals surface area contributed by atoms with E-state index in [0.29, 0.717) is 28.9 Å². The lowest BCUT2D eigenvalue weighted by Gasteiger charge is -2.15. The molecule has 0 saturated carbocycles. The average Bonchev–Trinajstić information content (AvgIpc) is 3.01. The quantitative estimate of drug-likeness (QED) is 0.814. The van der Waals surface area contributed by atoms with Gasteiger partial charge < -0.3 is 4.74 Å². The maximum atomic E-state index is 12.4. The Morgan fingerprint density at radius 2 is 1.70 bits per heavy atom. The first kappa shape index (κ1) is 16.5. The van der Waals surface area contributed by atoms with Gasteiger partial charge in [-0.05, 0) is 37.1 Å². The largest absolute Gasteiger partial charge is 0.439 e. The van der Waals surface area contributed by atoms with E-state index < -0.39 is 10.0 Å². The van der Waals surface area contributed by atoms with Crippen molar-refractivity contribution < 1.29 is 13.2 Å². The fraction of sp³-hybridized carbons (Fsp3) is 0.267. The first-order chi connectivity index (χ1) is 10.9. The molecule has 2 heterocycles. The van der Waals surface area contributed by atoms with E-state index in [1.807, 2.05) is 0 Å². The standard InChI is InChI=1S/C15H14Cl2N2O3S/c16-11-7-12(17)9-13(8-11)22-15-4-3-14(10-18-15)23(20,21)19-5-1-2-6-19/h3-4,7-10H,1-2,5-6H2. The number of sulfonamides is 1. The predicted molar refractivity (Wildman–Crippen MR) is 88.8 cm³/mol. The Hall–Kier alpha value is -1.34. The van der Waals surface area contributed by atoms with Crippen LogP contribution in [0.4, 0.5) is 0 Å². The number of halogens is 2. The minimum Gasteiger partial charge on any atom is -0.439 e. The van der Waals surface area contributed by atoms with Crippen LogP contribution in [0.3, 0.4) is 0 Å². The SMILES string of the molecule is O=S(=O)(c1ccc(Oc2cc(Cl)cc(Cl)c2)nc1)N1CCCC1. The minimum atomic E-state index is -3.47. The molecule has 0 bridgehead atoms. The van der Waals surface area contributed by atoms with Crippen molar-refractivity contribution in [2.24, 2.45) is 0 Å². The summed E-state index contributed by atoms with van der Waals surface area (Å²) in [6.07, 6.45) is 3.09. The Morgan fingerprint density at radius 1 is 1.04 bits per heavy atom. The highest BCUT2D eigenvalue weighted by atomic mass is 35.5. The van der Waals surface area contributed by atoms with Gasteiger partial charge >= 0.3 is 0 Å². The number of hydrogen-bond acceptors (Lipinski definition) is 4. The Kier molecular flexibility index (Phi) is 4.77. The third kappa shape index (κ3) is 3.77. The Bertz CT molecular complexity index is 784. The molecule has 1 aromatic heterocycles. The number of nitrogens with zero attached hydrogens (tertiary/aromatic N) is 2. The van der Waals surface area contributed by atoms with Gasteiger partial charge in [0, 0.05) is 29.2 Å². The van der Waals surface area contributed by atoms with Gasteiger partial charge in [-0.1, -0.05) is 23.2 Å². The Labute approximate surface area is 144 Å². The van der Waals surface area contributed by atoms with Gasteiger partial charge in [0.05, 0.1) is 6.20 Å². The van der Waals surface area contributed by atoms with Gasteiger partial charge in [-0.2, -0.15) is 4.31 Å². The van der Waals surface area contributed by atoms with Gasteiger partial charge in [-0.25, -0.2) is 13.4 Å². The highest BCUT2D eigenvalue weighted by Gasteiger charge is 2.27. The Balaban J connectivity index is 1.79. The van der Waals surface area contributed by atoms with Gasteiger partial charge in [0.1, 0.15) is 10.6 Å². The van der Waals surface area contributed by atoms with Crippen molar-refractivity contribution in [2.45, 2.75) is 17.7 Å². The van der Waals surface area contributed by atoms with Crippen molar-refractivity contribution in [3.63, 3.8) is 0 Å². The fourth-order valence-corrected chi connectivity index (χ4v) is 4.33. The number of hydrogen-bond donors (Lipinski definition) is 0. The number of aromatic nitrogens is 1. The second-order valence-corrected chi connectivity index (χ2v) is 7.96. The van der Waals surface area contributed by atoms with Crippen LogP contribution in [-0.2, 0) is 10.0 Å². The first-order valence-electron chi connectivity index (χ1n) is 7.05. The van der Waals surface area contributed by atoms with Crippen LogP contribution < -0.4 is 4.74 Å². The summed E-state index contributed by atoms with van der Waals surface area (Å²) in [5.41, 5.74) is 0. The van der Waals surface area contributed by atoms with Crippen LogP contribution in [0.5, 0.6) is 11.6 Å². The molecule has 1 aromatic carbocycles. The maximum Gasteiger partial charge on any atom is 0.244 e. The van der Waals surface area contributed by atoms with Crippen LogP contribution >= 0.6 is 23.2 Å². The van der Waals surface area contributed by atoms with Gasteiger partial charge in [-0.15, -0.1) is 0 Å². The smallest absolute Gasteiger partial charge is 0.244 e. The van der Waals surface area contributed by atoms with Crippen LogP contribution in [0.15, 0.2) is 41.4 Å². The molecule has 2 aromatic rings. The maximum absolute atomic E-state index is 12.4. The van der Waals surface area contributed by atoms with Gasteiger partial charge in [0.15, 0.2) is 0 Å². The molecule has 1 aliphatic heterocycles. The normalized spacial score (nSPS) is 15.7. The molecule has 0 radical (unpaired) electrons. The molecule has 1 fully saturated rings. The van der Waals surface area contributed by atoms with Crippen LogP contribution in [0.1, 0.15) is 12.8 Å². The second kappa shape index (κ2) is 6.65. The molecule has 5 nitrogen and oxygen atoms in total. The zero-order chi connectivity index (χ0) is 16.4. The minimum absolute atomic E-state index is 0.163. The molecule has 1 saturated heterocycles. The van der Waals surface area contributed by atoms with E-state index in [-0.39, 0.29) is 10.8 Å². The molecule has 8 heteroatoms.